The Bertz CT molecular complexity index is 891. The maximum Gasteiger partial charge on any atom is 0.266 e. The molecular weight excluding hydrogens is 403 g/mol. The minimum Gasteiger partial charge on any atom is -0.493 e. The third-order valence-electron chi connectivity index (χ3n) is 3.37. The number of para-hydroxylation sites is 1. The van der Waals surface area contributed by atoms with Crippen LogP contribution in [0.1, 0.15) is 12.5 Å². The highest BCUT2D eigenvalue weighted by molar-refractivity contribution is 9.10. The maximum absolute atomic E-state index is 13.7. The Morgan fingerprint density at radius 2 is 2.08 bits per heavy atom. The van der Waals surface area contributed by atoms with E-state index in [-0.39, 0.29) is 11.3 Å². The second-order valence-electron chi connectivity index (χ2n) is 5.06. The summed E-state index contributed by atoms with van der Waals surface area (Å²) in [5, 5.41) is 11.7. The predicted octanol–water partition coefficient (Wildman–Crippen LogP) is 4.54. The van der Waals surface area contributed by atoms with Crippen molar-refractivity contribution in [2.45, 2.75) is 6.92 Å². The van der Waals surface area contributed by atoms with Crippen LogP contribution >= 0.6 is 15.9 Å². The summed E-state index contributed by atoms with van der Waals surface area (Å²) in [6, 6.07) is 10.9. The van der Waals surface area contributed by atoms with E-state index in [0.29, 0.717) is 28.1 Å². The largest absolute Gasteiger partial charge is 0.493 e. The number of nitrogens with one attached hydrogen (secondary N) is 1. The molecule has 2 rings (SSSR count). The zero-order valence-corrected chi connectivity index (χ0v) is 15.8. The molecule has 0 fully saturated rings. The fourth-order valence-electron chi connectivity index (χ4n) is 2.15. The second kappa shape index (κ2) is 9.02. The van der Waals surface area contributed by atoms with E-state index < -0.39 is 11.7 Å². The first-order valence-corrected chi connectivity index (χ1v) is 8.47. The van der Waals surface area contributed by atoms with Gasteiger partial charge in [-0.1, -0.05) is 28.1 Å². The fourth-order valence-corrected chi connectivity index (χ4v) is 2.58. The molecule has 0 aliphatic heterocycles. The van der Waals surface area contributed by atoms with Gasteiger partial charge in [0.25, 0.3) is 5.91 Å². The SMILES string of the molecule is CCOc1cc(/C=C(/C#N)C(=O)Nc2ccccc2F)c(Br)cc1OC. The molecule has 0 spiro atoms. The number of amides is 1. The molecule has 0 aliphatic rings. The van der Waals surface area contributed by atoms with Gasteiger partial charge in [0.05, 0.1) is 19.4 Å². The summed E-state index contributed by atoms with van der Waals surface area (Å²) in [5.74, 6) is -0.290. The summed E-state index contributed by atoms with van der Waals surface area (Å²) in [6.45, 7) is 2.26. The first-order valence-electron chi connectivity index (χ1n) is 7.68. The first-order chi connectivity index (χ1) is 12.5. The van der Waals surface area contributed by atoms with Crippen molar-refractivity contribution >= 4 is 33.6 Å². The number of rotatable bonds is 6. The Labute approximate surface area is 159 Å². The number of carbonyl (C=O) groups excluding carboxylic acids is 1. The molecule has 2 aromatic carbocycles. The minimum absolute atomic E-state index is 0.00227. The average molecular weight is 419 g/mol. The van der Waals surface area contributed by atoms with Gasteiger partial charge in [-0.3, -0.25) is 4.79 Å². The number of nitriles is 1. The molecule has 0 bridgehead atoms. The quantitative estimate of drug-likeness (QED) is 0.551. The van der Waals surface area contributed by atoms with E-state index in [0.717, 1.165) is 0 Å². The lowest BCUT2D eigenvalue weighted by Crippen LogP contribution is -2.14. The van der Waals surface area contributed by atoms with Crippen molar-refractivity contribution in [2.75, 3.05) is 19.0 Å². The summed E-state index contributed by atoms with van der Waals surface area (Å²) in [4.78, 5) is 12.3. The first kappa shape index (κ1) is 19.5. The fraction of sp³-hybridized carbons (Fsp3) is 0.158. The summed E-state index contributed by atoms with van der Waals surface area (Å²) < 4.78 is 25.0. The molecule has 2 aromatic rings. The van der Waals surface area contributed by atoms with Gasteiger partial charge < -0.3 is 14.8 Å². The van der Waals surface area contributed by atoms with E-state index in [1.165, 1.54) is 31.4 Å². The van der Waals surface area contributed by atoms with Crippen LogP contribution in [0.5, 0.6) is 11.5 Å². The van der Waals surface area contributed by atoms with Gasteiger partial charge in [0, 0.05) is 4.47 Å². The zero-order chi connectivity index (χ0) is 19.1. The lowest BCUT2D eigenvalue weighted by molar-refractivity contribution is -0.112. The molecule has 134 valence electrons. The van der Waals surface area contributed by atoms with E-state index >= 15 is 0 Å². The Morgan fingerprint density at radius 1 is 1.35 bits per heavy atom. The van der Waals surface area contributed by atoms with Crippen molar-refractivity contribution < 1.29 is 18.7 Å². The summed E-state index contributed by atoms with van der Waals surface area (Å²) in [5.41, 5.74) is 0.374. The number of nitrogens with zero attached hydrogens (tertiary/aromatic N) is 1. The topological polar surface area (TPSA) is 71.3 Å². The van der Waals surface area contributed by atoms with Crippen LogP contribution in [0.2, 0.25) is 0 Å². The van der Waals surface area contributed by atoms with Crippen LogP contribution in [-0.4, -0.2) is 19.6 Å². The lowest BCUT2D eigenvalue weighted by atomic mass is 10.1. The molecule has 0 atom stereocenters. The molecule has 7 heteroatoms. The average Bonchev–Trinajstić information content (AvgIpc) is 2.63. The molecule has 1 N–H and O–H groups in total. The monoisotopic (exact) mass is 418 g/mol. The molecule has 0 heterocycles. The van der Waals surface area contributed by atoms with Gasteiger partial charge in [-0.05, 0) is 42.8 Å². The van der Waals surface area contributed by atoms with Crippen molar-refractivity contribution in [2.24, 2.45) is 0 Å². The Hall–Kier alpha value is -2.85. The molecule has 0 radical (unpaired) electrons. The van der Waals surface area contributed by atoms with E-state index in [1.54, 1.807) is 18.2 Å². The van der Waals surface area contributed by atoms with Crippen LogP contribution in [0, 0.1) is 17.1 Å². The van der Waals surface area contributed by atoms with E-state index in [4.69, 9.17) is 9.47 Å². The van der Waals surface area contributed by atoms with Crippen molar-refractivity contribution in [3.05, 3.63) is 57.8 Å². The van der Waals surface area contributed by atoms with Crippen LogP contribution in [-0.2, 0) is 4.79 Å². The third-order valence-corrected chi connectivity index (χ3v) is 4.06. The number of hydrogen-bond donors (Lipinski definition) is 1. The third kappa shape index (κ3) is 4.61. The molecular formula is C19H16BrFN2O3. The van der Waals surface area contributed by atoms with E-state index in [2.05, 4.69) is 21.2 Å². The molecule has 5 nitrogen and oxygen atoms in total. The van der Waals surface area contributed by atoms with Gasteiger partial charge in [-0.15, -0.1) is 0 Å². The molecule has 0 aliphatic carbocycles. The summed E-state index contributed by atoms with van der Waals surface area (Å²) in [7, 11) is 1.52. The standard InChI is InChI=1S/C19H16BrFN2O3/c1-3-26-18-9-12(14(20)10-17(18)25-2)8-13(11-22)19(24)23-16-7-5-4-6-15(16)21/h4-10H,3H2,1-2H3,(H,23,24)/b13-8-. The van der Waals surface area contributed by atoms with E-state index in [1.807, 2.05) is 13.0 Å². The predicted molar refractivity (Wildman–Crippen MR) is 100 cm³/mol. The van der Waals surface area contributed by atoms with Gasteiger partial charge in [0.1, 0.15) is 17.5 Å². The minimum atomic E-state index is -0.710. The zero-order valence-electron chi connectivity index (χ0n) is 14.2. The van der Waals surface area contributed by atoms with Gasteiger partial charge in [0.2, 0.25) is 0 Å². The summed E-state index contributed by atoms with van der Waals surface area (Å²) in [6.07, 6.45) is 1.39. The van der Waals surface area contributed by atoms with Gasteiger partial charge >= 0.3 is 0 Å². The number of ether oxygens (including phenoxy) is 2. The second-order valence-corrected chi connectivity index (χ2v) is 5.92. The highest BCUT2D eigenvalue weighted by atomic mass is 79.9. The van der Waals surface area contributed by atoms with Crippen LogP contribution in [0.15, 0.2) is 46.4 Å². The number of carbonyl (C=O) groups is 1. The molecule has 1 amide bonds. The smallest absolute Gasteiger partial charge is 0.266 e. The normalized spacial score (nSPS) is 10.8. The van der Waals surface area contributed by atoms with Gasteiger partial charge in [-0.25, -0.2) is 4.39 Å². The van der Waals surface area contributed by atoms with Crippen LogP contribution in [0.25, 0.3) is 6.08 Å². The molecule has 0 unspecified atom stereocenters. The van der Waals surface area contributed by atoms with Gasteiger partial charge in [0.15, 0.2) is 11.5 Å². The van der Waals surface area contributed by atoms with Gasteiger partial charge in [-0.2, -0.15) is 5.26 Å². The van der Waals surface area contributed by atoms with Crippen LogP contribution in [0.3, 0.4) is 0 Å². The molecule has 26 heavy (non-hydrogen) atoms. The Kier molecular flexibility index (Phi) is 6.75. The van der Waals surface area contributed by atoms with Crippen LogP contribution < -0.4 is 14.8 Å². The van der Waals surface area contributed by atoms with E-state index in [9.17, 15) is 14.4 Å². The number of methoxy groups -OCH3 is 1. The highest BCUT2D eigenvalue weighted by Gasteiger charge is 2.14. The number of halogens is 2. The van der Waals surface area contributed by atoms with Crippen LogP contribution in [0.4, 0.5) is 10.1 Å². The van der Waals surface area contributed by atoms with Crippen molar-refractivity contribution in [1.29, 1.82) is 5.26 Å². The molecule has 0 saturated carbocycles. The van der Waals surface area contributed by atoms with Crippen molar-refractivity contribution in [1.82, 2.24) is 0 Å². The highest BCUT2D eigenvalue weighted by Crippen LogP contribution is 2.34. The number of hydrogen-bond acceptors (Lipinski definition) is 4. The summed E-state index contributed by atoms with van der Waals surface area (Å²) >= 11 is 3.38. The lowest BCUT2D eigenvalue weighted by Gasteiger charge is -2.12. The molecule has 0 saturated heterocycles. The number of benzene rings is 2. The van der Waals surface area contributed by atoms with Crippen molar-refractivity contribution in [3.8, 4) is 17.6 Å². The van der Waals surface area contributed by atoms with Crippen molar-refractivity contribution in [3.63, 3.8) is 0 Å². The molecule has 0 aromatic heterocycles. The Morgan fingerprint density at radius 3 is 2.69 bits per heavy atom. The maximum atomic E-state index is 13.7. The number of anilines is 1. The Balaban J connectivity index is 2.36.